The van der Waals surface area contributed by atoms with Crippen LogP contribution in [-0.4, -0.2) is 46.7 Å². The second-order valence-corrected chi connectivity index (χ2v) is 8.41. The van der Waals surface area contributed by atoms with Gasteiger partial charge in [-0.2, -0.15) is 5.10 Å². The molecule has 0 saturated heterocycles. The van der Waals surface area contributed by atoms with Crippen LogP contribution in [0.4, 0.5) is 0 Å². The molecule has 0 fully saturated rings. The van der Waals surface area contributed by atoms with Crippen LogP contribution in [0.1, 0.15) is 16.9 Å². The highest BCUT2D eigenvalue weighted by atomic mass is 32.1. The number of rotatable bonds is 7. The van der Waals surface area contributed by atoms with Gasteiger partial charge < -0.3 is 10.2 Å². The van der Waals surface area contributed by atoms with E-state index in [0.29, 0.717) is 5.65 Å². The molecule has 1 aromatic carbocycles. The number of H-pyrrole nitrogens is 1. The molecule has 6 nitrogen and oxygen atoms in total. The minimum Gasteiger partial charge on any atom is -0.312 e. The molecule has 0 radical (unpaired) electrons. The van der Waals surface area contributed by atoms with E-state index in [0.717, 1.165) is 48.1 Å². The van der Waals surface area contributed by atoms with Gasteiger partial charge in [0.1, 0.15) is 0 Å². The molecule has 4 aromatic rings. The van der Waals surface area contributed by atoms with E-state index >= 15 is 0 Å². The SMILES string of the molecule is Cc1cc2n[nH]c(=O)n2c2cc(-c3csc(CNCCCN(C)C)c3)ccc12. The summed E-state index contributed by atoms with van der Waals surface area (Å²) in [6.07, 6.45) is 1.14. The Labute approximate surface area is 167 Å². The molecule has 7 heteroatoms. The van der Waals surface area contributed by atoms with E-state index in [1.54, 1.807) is 15.7 Å². The summed E-state index contributed by atoms with van der Waals surface area (Å²) >= 11 is 1.77. The number of benzene rings is 1. The third-order valence-electron chi connectivity index (χ3n) is 4.95. The molecular formula is C21H25N5OS. The quantitative estimate of drug-likeness (QED) is 0.472. The monoisotopic (exact) mass is 395 g/mol. The van der Waals surface area contributed by atoms with Crippen molar-refractivity contribution in [2.24, 2.45) is 0 Å². The van der Waals surface area contributed by atoms with Crippen molar-refractivity contribution >= 4 is 27.9 Å². The van der Waals surface area contributed by atoms with Crippen molar-refractivity contribution in [1.82, 2.24) is 24.8 Å². The number of hydrogen-bond donors (Lipinski definition) is 2. The zero-order valence-electron chi connectivity index (χ0n) is 16.5. The highest BCUT2D eigenvalue weighted by Gasteiger charge is 2.10. The number of aromatic amines is 1. The van der Waals surface area contributed by atoms with Crippen molar-refractivity contribution in [1.29, 1.82) is 0 Å². The zero-order valence-corrected chi connectivity index (χ0v) is 17.3. The van der Waals surface area contributed by atoms with Crippen molar-refractivity contribution in [3.8, 4) is 11.1 Å². The summed E-state index contributed by atoms with van der Waals surface area (Å²) in [6.45, 7) is 5.05. The molecule has 146 valence electrons. The van der Waals surface area contributed by atoms with Gasteiger partial charge in [-0.25, -0.2) is 14.3 Å². The minimum atomic E-state index is -0.204. The fourth-order valence-corrected chi connectivity index (χ4v) is 4.36. The molecule has 3 heterocycles. The topological polar surface area (TPSA) is 65.4 Å². The molecule has 0 aliphatic heterocycles. The highest BCUT2D eigenvalue weighted by molar-refractivity contribution is 7.10. The zero-order chi connectivity index (χ0) is 19.7. The van der Waals surface area contributed by atoms with E-state index in [9.17, 15) is 4.79 Å². The van der Waals surface area contributed by atoms with Gasteiger partial charge in [0.2, 0.25) is 0 Å². The third kappa shape index (κ3) is 3.73. The second kappa shape index (κ2) is 7.87. The maximum Gasteiger partial charge on any atom is 0.348 e. The van der Waals surface area contributed by atoms with Gasteiger partial charge in [0.15, 0.2) is 5.65 Å². The lowest BCUT2D eigenvalue weighted by Crippen LogP contribution is -2.20. The molecule has 0 unspecified atom stereocenters. The van der Waals surface area contributed by atoms with Crippen molar-refractivity contribution in [2.45, 2.75) is 19.9 Å². The summed E-state index contributed by atoms with van der Waals surface area (Å²) in [4.78, 5) is 15.7. The number of nitrogens with one attached hydrogen (secondary N) is 2. The molecule has 0 saturated carbocycles. The lowest BCUT2D eigenvalue weighted by Gasteiger charge is -2.09. The predicted molar refractivity (Wildman–Crippen MR) is 116 cm³/mol. The van der Waals surface area contributed by atoms with Gasteiger partial charge in [-0.3, -0.25) is 0 Å². The number of pyridine rings is 1. The smallest absolute Gasteiger partial charge is 0.312 e. The van der Waals surface area contributed by atoms with E-state index in [2.05, 4.69) is 64.2 Å². The van der Waals surface area contributed by atoms with Crippen LogP contribution >= 0.6 is 11.3 Å². The molecule has 2 N–H and O–H groups in total. The third-order valence-corrected chi connectivity index (χ3v) is 5.89. The number of fused-ring (bicyclic) bond motifs is 3. The first-order valence-electron chi connectivity index (χ1n) is 9.46. The number of hydrogen-bond acceptors (Lipinski definition) is 5. The average Bonchev–Trinajstić information content (AvgIpc) is 3.28. The van der Waals surface area contributed by atoms with E-state index in [1.807, 2.05) is 13.0 Å². The molecule has 28 heavy (non-hydrogen) atoms. The van der Waals surface area contributed by atoms with Crippen LogP contribution in [0.3, 0.4) is 0 Å². The Morgan fingerprint density at radius 3 is 2.89 bits per heavy atom. The standard InChI is InChI=1S/C21H25N5OS/c1-14-9-20-23-24-21(27)26(20)19-11-15(5-6-18(14)19)16-10-17(28-13-16)12-22-7-4-8-25(2)3/h5-6,9-11,13,22H,4,7-8,12H2,1-3H3,(H,24,27). The molecule has 0 spiro atoms. The Morgan fingerprint density at radius 2 is 2.07 bits per heavy atom. The van der Waals surface area contributed by atoms with Crippen molar-refractivity contribution in [2.75, 3.05) is 27.2 Å². The largest absolute Gasteiger partial charge is 0.348 e. The number of nitrogens with zero attached hydrogens (tertiary/aromatic N) is 3. The predicted octanol–water partition coefficient (Wildman–Crippen LogP) is 3.25. The Kier molecular flexibility index (Phi) is 5.30. The van der Waals surface area contributed by atoms with Gasteiger partial charge in [0.25, 0.3) is 0 Å². The maximum atomic E-state index is 12.2. The van der Waals surface area contributed by atoms with Gasteiger partial charge in [-0.1, -0.05) is 12.1 Å². The van der Waals surface area contributed by atoms with E-state index in [-0.39, 0.29) is 5.69 Å². The Morgan fingerprint density at radius 1 is 1.21 bits per heavy atom. The molecule has 0 atom stereocenters. The van der Waals surface area contributed by atoms with Gasteiger partial charge in [-0.05, 0) is 80.8 Å². The van der Waals surface area contributed by atoms with Crippen molar-refractivity contribution in [3.05, 3.63) is 56.6 Å². The van der Waals surface area contributed by atoms with Crippen LogP contribution in [-0.2, 0) is 6.54 Å². The first-order chi connectivity index (χ1) is 13.5. The first kappa shape index (κ1) is 18.9. The van der Waals surface area contributed by atoms with Crippen LogP contribution in [0.15, 0.2) is 40.5 Å². The normalized spacial score (nSPS) is 11.9. The van der Waals surface area contributed by atoms with Gasteiger partial charge in [0.05, 0.1) is 5.52 Å². The van der Waals surface area contributed by atoms with Crippen molar-refractivity contribution < 1.29 is 0 Å². The second-order valence-electron chi connectivity index (χ2n) is 7.42. The fourth-order valence-electron chi connectivity index (χ4n) is 3.50. The van der Waals surface area contributed by atoms with Crippen LogP contribution in [0.2, 0.25) is 0 Å². The molecule has 3 aromatic heterocycles. The number of aryl methyl sites for hydroxylation is 1. The van der Waals surface area contributed by atoms with Crippen LogP contribution in [0.5, 0.6) is 0 Å². The summed E-state index contributed by atoms with van der Waals surface area (Å²) in [5.74, 6) is 0. The van der Waals surface area contributed by atoms with E-state index < -0.39 is 0 Å². The minimum absolute atomic E-state index is 0.204. The molecule has 4 rings (SSSR count). The summed E-state index contributed by atoms with van der Waals surface area (Å²) < 4.78 is 1.64. The van der Waals surface area contributed by atoms with Crippen LogP contribution in [0.25, 0.3) is 27.7 Å². The summed E-state index contributed by atoms with van der Waals surface area (Å²) in [6, 6.07) is 10.5. The molecule has 0 amide bonds. The number of aromatic nitrogens is 3. The van der Waals surface area contributed by atoms with Gasteiger partial charge >= 0.3 is 5.69 Å². The number of thiophene rings is 1. The fraction of sp³-hybridized carbons (Fsp3) is 0.333. The molecular weight excluding hydrogens is 370 g/mol. The van der Waals surface area contributed by atoms with Crippen LogP contribution in [0, 0.1) is 6.92 Å². The highest BCUT2D eigenvalue weighted by Crippen LogP contribution is 2.29. The summed E-state index contributed by atoms with van der Waals surface area (Å²) in [5.41, 5.74) is 4.75. The summed E-state index contributed by atoms with van der Waals surface area (Å²) in [5, 5.41) is 13.4. The summed E-state index contributed by atoms with van der Waals surface area (Å²) in [7, 11) is 4.20. The van der Waals surface area contributed by atoms with Gasteiger partial charge in [-0.15, -0.1) is 11.3 Å². The Hall–Kier alpha value is -2.48. The van der Waals surface area contributed by atoms with Crippen LogP contribution < -0.4 is 11.0 Å². The molecule has 0 aliphatic rings. The molecule has 0 aliphatic carbocycles. The van der Waals surface area contributed by atoms with E-state index in [1.165, 1.54) is 10.4 Å². The molecule has 0 bridgehead atoms. The lowest BCUT2D eigenvalue weighted by molar-refractivity contribution is 0.394. The average molecular weight is 396 g/mol. The Bertz CT molecular complexity index is 1170. The van der Waals surface area contributed by atoms with E-state index in [4.69, 9.17) is 0 Å². The maximum absolute atomic E-state index is 12.2. The van der Waals surface area contributed by atoms with Gasteiger partial charge in [0, 0.05) is 16.8 Å². The van der Waals surface area contributed by atoms with Crippen molar-refractivity contribution in [3.63, 3.8) is 0 Å². The lowest BCUT2D eigenvalue weighted by atomic mass is 10.0. The Balaban J connectivity index is 1.58. The first-order valence-corrected chi connectivity index (χ1v) is 10.3.